The number of rotatable bonds is 2. The maximum atomic E-state index is 12.2. The molecule has 0 bridgehead atoms. The summed E-state index contributed by atoms with van der Waals surface area (Å²) in [5.41, 5.74) is 7.07. The van der Waals surface area contributed by atoms with E-state index in [1.54, 1.807) is 11.8 Å². The second kappa shape index (κ2) is 4.90. The lowest BCUT2D eigenvalue weighted by Gasteiger charge is -2.29. The number of carbonyl (C=O) groups is 2. The molecule has 2 N–H and O–H groups in total. The summed E-state index contributed by atoms with van der Waals surface area (Å²) in [6.07, 6.45) is 3.36. The molecule has 0 radical (unpaired) electrons. The number of thioether (sulfide) groups is 2. The summed E-state index contributed by atoms with van der Waals surface area (Å²) >= 11 is 4.12. The van der Waals surface area contributed by atoms with Crippen LogP contribution in [0.3, 0.4) is 0 Å². The van der Waals surface area contributed by atoms with Gasteiger partial charge in [-0.15, -0.1) is 23.1 Å². The molecule has 0 spiro atoms. The first-order valence-corrected chi connectivity index (χ1v) is 8.40. The molecule has 1 amide bonds. The second-order valence-electron chi connectivity index (χ2n) is 5.10. The first-order valence-electron chi connectivity index (χ1n) is 5.54. The van der Waals surface area contributed by atoms with E-state index >= 15 is 0 Å². The maximum Gasteiger partial charge on any atom is 0.282 e. The molecule has 0 saturated carbocycles. The summed E-state index contributed by atoms with van der Waals surface area (Å²) in [6, 6.07) is 0. The number of primary amides is 1. The van der Waals surface area contributed by atoms with E-state index in [9.17, 15) is 9.59 Å². The zero-order valence-corrected chi connectivity index (χ0v) is 13.0. The first kappa shape index (κ1) is 14.0. The molecule has 0 saturated heterocycles. The summed E-state index contributed by atoms with van der Waals surface area (Å²) in [5, 5.41) is -0.414. The fourth-order valence-electron chi connectivity index (χ4n) is 2.25. The summed E-state index contributed by atoms with van der Waals surface area (Å²) in [5.74, 6) is 0.193. The first-order chi connectivity index (χ1) is 8.34. The summed E-state index contributed by atoms with van der Waals surface area (Å²) in [4.78, 5) is 23.3. The van der Waals surface area contributed by atoms with Gasteiger partial charge < -0.3 is 5.73 Å². The lowest BCUT2D eigenvalue weighted by atomic mass is 9.75. The third-order valence-electron chi connectivity index (χ3n) is 2.89. The monoisotopic (exact) mass is 301 g/mol. The molecule has 0 fully saturated rings. The van der Waals surface area contributed by atoms with Crippen molar-refractivity contribution in [2.45, 2.75) is 35.1 Å². The van der Waals surface area contributed by atoms with Crippen LogP contribution in [0.25, 0.3) is 0 Å². The molecule has 98 valence electrons. The van der Waals surface area contributed by atoms with Crippen LogP contribution < -0.4 is 5.73 Å². The number of thiophene rings is 1. The molecule has 18 heavy (non-hydrogen) atoms. The van der Waals surface area contributed by atoms with Crippen molar-refractivity contribution in [2.24, 2.45) is 11.1 Å². The van der Waals surface area contributed by atoms with Crippen molar-refractivity contribution >= 4 is 45.9 Å². The standard InChI is InChI=1S/C12H15NO2S3/c1-12(2)4-6-8(7(14)5-12)10(16-3)17-9(6)18-11(13)15/h4-5H2,1-3H3,(H2,13,15). The van der Waals surface area contributed by atoms with Gasteiger partial charge in [0.2, 0.25) is 0 Å². The molecule has 0 unspecified atom stereocenters. The van der Waals surface area contributed by atoms with E-state index in [1.165, 1.54) is 11.3 Å². The van der Waals surface area contributed by atoms with Gasteiger partial charge in [-0.25, -0.2) is 0 Å². The average Bonchev–Trinajstić information content (AvgIpc) is 2.54. The fraction of sp³-hybridized carbons (Fsp3) is 0.500. The highest BCUT2D eigenvalue weighted by Crippen LogP contribution is 2.47. The van der Waals surface area contributed by atoms with Crippen LogP contribution in [0.4, 0.5) is 4.79 Å². The molecular formula is C12H15NO2S3. The Hall–Kier alpha value is -0.460. The fourth-order valence-corrected chi connectivity index (χ4v) is 5.38. The van der Waals surface area contributed by atoms with Crippen molar-refractivity contribution in [1.82, 2.24) is 0 Å². The van der Waals surface area contributed by atoms with Crippen molar-refractivity contribution in [3.05, 3.63) is 11.1 Å². The normalized spacial score (nSPS) is 17.6. The molecule has 2 rings (SSSR count). The predicted molar refractivity (Wildman–Crippen MR) is 78.0 cm³/mol. The van der Waals surface area contributed by atoms with Crippen LogP contribution in [0.2, 0.25) is 0 Å². The van der Waals surface area contributed by atoms with Gasteiger partial charge in [-0.3, -0.25) is 9.59 Å². The number of nitrogens with two attached hydrogens (primary N) is 1. The van der Waals surface area contributed by atoms with Crippen molar-refractivity contribution in [3.63, 3.8) is 0 Å². The molecule has 1 aromatic rings. The second-order valence-corrected chi connectivity index (χ2v) is 8.47. The van der Waals surface area contributed by atoms with E-state index in [4.69, 9.17) is 5.73 Å². The zero-order valence-electron chi connectivity index (χ0n) is 10.5. The lowest BCUT2D eigenvalue weighted by Crippen LogP contribution is -2.26. The Balaban J connectivity index is 2.53. The summed E-state index contributed by atoms with van der Waals surface area (Å²) in [7, 11) is 0. The predicted octanol–water partition coefficient (Wildman–Crippen LogP) is 3.80. The Labute approximate surface area is 119 Å². The van der Waals surface area contributed by atoms with E-state index in [-0.39, 0.29) is 11.2 Å². The van der Waals surface area contributed by atoms with Gasteiger partial charge in [0.1, 0.15) is 0 Å². The van der Waals surface area contributed by atoms with Gasteiger partial charge in [-0.1, -0.05) is 13.8 Å². The molecule has 3 nitrogen and oxygen atoms in total. The Kier molecular flexibility index (Phi) is 3.80. The highest BCUT2D eigenvalue weighted by Gasteiger charge is 2.36. The van der Waals surface area contributed by atoms with Crippen molar-refractivity contribution in [2.75, 3.05) is 6.26 Å². The van der Waals surface area contributed by atoms with Gasteiger partial charge in [-0.05, 0) is 35.4 Å². The number of carbonyl (C=O) groups excluding carboxylic acids is 2. The van der Waals surface area contributed by atoms with Crippen LogP contribution in [-0.4, -0.2) is 17.3 Å². The summed E-state index contributed by atoms with van der Waals surface area (Å²) in [6.45, 7) is 4.17. The van der Waals surface area contributed by atoms with Gasteiger partial charge in [0.05, 0.1) is 8.42 Å². The molecule has 6 heteroatoms. The van der Waals surface area contributed by atoms with Crippen molar-refractivity contribution in [3.8, 4) is 0 Å². The summed E-state index contributed by atoms with van der Waals surface area (Å²) < 4.78 is 1.90. The van der Waals surface area contributed by atoms with Crippen molar-refractivity contribution in [1.29, 1.82) is 0 Å². The van der Waals surface area contributed by atoms with E-state index in [1.807, 2.05) is 6.26 Å². The van der Waals surface area contributed by atoms with Gasteiger partial charge in [-0.2, -0.15) is 0 Å². The smallest absolute Gasteiger partial charge is 0.282 e. The lowest BCUT2D eigenvalue weighted by molar-refractivity contribution is 0.0909. The van der Waals surface area contributed by atoms with Crippen LogP contribution in [0, 0.1) is 5.41 Å². The molecule has 0 aliphatic heterocycles. The molecule has 0 aromatic carbocycles. The quantitative estimate of drug-likeness (QED) is 0.844. The Morgan fingerprint density at radius 1 is 1.33 bits per heavy atom. The molecule has 0 atom stereocenters. The largest absolute Gasteiger partial charge is 0.360 e. The number of hydrogen-bond acceptors (Lipinski definition) is 5. The maximum absolute atomic E-state index is 12.2. The van der Waals surface area contributed by atoms with E-state index in [2.05, 4.69) is 13.8 Å². The molecule has 1 aliphatic carbocycles. The minimum absolute atomic E-state index is 0.0339. The van der Waals surface area contributed by atoms with Crippen LogP contribution in [0.15, 0.2) is 8.42 Å². The zero-order chi connectivity index (χ0) is 13.5. The number of fused-ring (bicyclic) bond motifs is 1. The van der Waals surface area contributed by atoms with E-state index in [0.717, 1.165) is 37.7 Å². The molecule has 1 aliphatic rings. The minimum atomic E-state index is -0.414. The van der Waals surface area contributed by atoms with Gasteiger partial charge >= 0.3 is 0 Å². The van der Waals surface area contributed by atoms with Crippen molar-refractivity contribution < 1.29 is 9.59 Å². The number of ketones is 1. The highest BCUT2D eigenvalue weighted by atomic mass is 32.2. The van der Waals surface area contributed by atoms with E-state index < -0.39 is 5.24 Å². The van der Waals surface area contributed by atoms with Crippen LogP contribution in [0.1, 0.15) is 36.2 Å². The van der Waals surface area contributed by atoms with Crippen LogP contribution in [-0.2, 0) is 6.42 Å². The van der Waals surface area contributed by atoms with Gasteiger partial charge in [0.15, 0.2) is 5.78 Å². The van der Waals surface area contributed by atoms with Crippen LogP contribution >= 0.6 is 34.9 Å². The third kappa shape index (κ3) is 2.60. The Bertz CT molecular complexity index is 520. The third-order valence-corrected chi connectivity index (χ3v) is 6.17. The number of Topliss-reactive ketones (excluding diaryl/α,β-unsaturated/α-hetero) is 1. The Morgan fingerprint density at radius 3 is 2.56 bits per heavy atom. The number of hydrogen-bond donors (Lipinski definition) is 1. The highest BCUT2D eigenvalue weighted by molar-refractivity contribution is 8.15. The average molecular weight is 301 g/mol. The van der Waals surface area contributed by atoms with Crippen LogP contribution in [0.5, 0.6) is 0 Å². The number of amides is 1. The Morgan fingerprint density at radius 2 is 2.00 bits per heavy atom. The minimum Gasteiger partial charge on any atom is -0.360 e. The van der Waals surface area contributed by atoms with Gasteiger partial charge in [0.25, 0.3) is 5.24 Å². The molecule has 1 aromatic heterocycles. The van der Waals surface area contributed by atoms with E-state index in [0.29, 0.717) is 6.42 Å². The molecular weight excluding hydrogens is 286 g/mol. The van der Waals surface area contributed by atoms with Gasteiger partial charge in [0, 0.05) is 12.0 Å². The topological polar surface area (TPSA) is 60.2 Å². The molecule has 1 heterocycles. The SMILES string of the molecule is CSc1sc(SC(N)=O)c2c1C(=O)CC(C)(C)C2.